The van der Waals surface area contributed by atoms with Crippen LogP contribution in [0.4, 0.5) is 0 Å². The summed E-state index contributed by atoms with van der Waals surface area (Å²) in [5.41, 5.74) is 0. The zero-order valence-electron chi connectivity index (χ0n) is 10.00. The molecule has 0 saturated heterocycles. The molecule has 0 N–H and O–H groups in total. The van der Waals surface area contributed by atoms with E-state index in [0.29, 0.717) is 0 Å². The van der Waals surface area contributed by atoms with E-state index in [9.17, 15) is 4.55 Å². The molecule has 0 aromatic carbocycles. The SMILES string of the molecule is CCCCCCCCCC[S+](C)[O-].O=S. The predicted octanol–water partition coefficient (Wildman–Crippen LogP) is 3.17. The van der Waals surface area contributed by atoms with E-state index in [0.717, 1.165) is 12.2 Å². The summed E-state index contributed by atoms with van der Waals surface area (Å²) >= 11 is 2.26. The smallest absolute Gasteiger partial charge is 0.197 e. The van der Waals surface area contributed by atoms with Crippen molar-refractivity contribution < 1.29 is 8.76 Å². The van der Waals surface area contributed by atoms with Crippen molar-refractivity contribution in [3.8, 4) is 0 Å². The molecule has 0 aromatic rings. The Morgan fingerprint density at radius 1 is 0.933 bits per heavy atom. The molecule has 0 amide bonds. The van der Waals surface area contributed by atoms with Crippen molar-refractivity contribution >= 4 is 23.7 Å². The first-order chi connectivity index (χ1) is 7.27. The maximum Gasteiger partial charge on any atom is 0.197 e. The summed E-state index contributed by atoms with van der Waals surface area (Å²) in [7, 11) is 0. The fourth-order valence-electron chi connectivity index (χ4n) is 1.44. The monoisotopic (exact) mass is 252 g/mol. The van der Waals surface area contributed by atoms with E-state index in [1.54, 1.807) is 6.26 Å². The summed E-state index contributed by atoms with van der Waals surface area (Å²) in [6.45, 7) is 2.25. The van der Waals surface area contributed by atoms with E-state index in [1.807, 2.05) is 0 Å². The largest absolute Gasteiger partial charge is 0.617 e. The van der Waals surface area contributed by atoms with Crippen molar-refractivity contribution in [3.05, 3.63) is 0 Å². The zero-order valence-corrected chi connectivity index (χ0v) is 11.6. The summed E-state index contributed by atoms with van der Waals surface area (Å²) in [5, 5.41) is 0. The van der Waals surface area contributed by atoms with Gasteiger partial charge in [-0.3, -0.25) is 0 Å². The third-order valence-corrected chi connectivity index (χ3v) is 3.15. The number of hydrogen-bond acceptors (Lipinski definition) is 3. The number of rotatable bonds is 9. The molecule has 0 fully saturated rings. The summed E-state index contributed by atoms with van der Waals surface area (Å²) in [6, 6.07) is 0. The van der Waals surface area contributed by atoms with Crippen LogP contribution in [0.15, 0.2) is 0 Å². The molecular formula is C11H24O2S2. The van der Waals surface area contributed by atoms with Gasteiger partial charge in [0.15, 0.2) is 12.5 Å². The van der Waals surface area contributed by atoms with Gasteiger partial charge >= 0.3 is 0 Å². The summed E-state index contributed by atoms with van der Waals surface area (Å²) in [5.74, 6) is 0.898. The van der Waals surface area contributed by atoms with Gasteiger partial charge in [0.2, 0.25) is 0 Å². The molecular weight excluding hydrogens is 228 g/mol. The van der Waals surface area contributed by atoms with Gasteiger partial charge in [0.25, 0.3) is 0 Å². The molecule has 1 unspecified atom stereocenters. The van der Waals surface area contributed by atoms with Gasteiger partial charge in [-0.15, -0.1) is 0 Å². The number of hydrogen-bond donors (Lipinski definition) is 0. The van der Waals surface area contributed by atoms with Crippen molar-refractivity contribution in [2.75, 3.05) is 12.0 Å². The van der Waals surface area contributed by atoms with Crippen molar-refractivity contribution in [1.29, 1.82) is 0 Å². The zero-order chi connectivity index (χ0) is 11.9. The van der Waals surface area contributed by atoms with Crippen LogP contribution in [0.5, 0.6) is 0 Å². The van der Waals surface area contributed by atoms with Crippen LogP contribution in [0.2, 0.25) is 0 Å². The van der Waals surface area contributed by atoms with Gasteiger partial charge in [-0.05, 0) is 12.8 Å². The Labute approximate surface area is 103 Å². The van der Waals surface area contributed by atoms with Gasteiger partial charge in [-0.2, -0.15) is 4.21 Å². The van der Waals surface area contributed by atoms with Gasteiger partial charge in [0.1, 0.15) is 5.75 Å². The highest BCUT2D eigenvalue weighted by Gasteiger charge is 1.96. The Hall–Kier alpha value is 0.330. The van der Waals surface area contributed by atoms with Crippen molar-refractivity contribution in [2.24, 2.45) is 0 Å². The first-order valence-corrected chi connectivity index (χ1v) is 7.80. The third kappa shape index (κ3) is 20.4. The Morgan fingerprint density at radius 2 is 1.33 bits per heavy atom. The minimum atomic E-state index is -0.576. The van der Waals surface area contributed by atoms with Crippen LogP contribution in [0.1, 0.15) is 58.3 Å². The Balaban J connectivity index is 0. The molecule has 0 aliphatic carbocycles. The molecule has 0 saturated carbocycles. The van der Waals surface area contributed by atoms with Gasteiger partial charge in [0, 0.05) is 0 Å². The van der Waals surface area contributed by atoms with E-state index in [4.69, 9.17) is 4.21 Å². The molecule has 92 valence electrons. The molecule has 0 heterocycles. The van der Waals surface area contributed by atoms with Gasteiger partial charge in [-0.25, -0.2) is 0 Å². The van der Waals surface area contributed by atoms with Gasteiger partial charge < -0.3 is 4.55 Å². The van der Waals surface area contributed by atoms with E-state index >= 15 is 0 Å². The quantitative estimate of drug-likeness (QED) is 0.467. The fraction of sp³-hybridized carbons (Fsp3) is 1.00. The van der Waals surface area contributed by atoms with Crippen molar-refractivity contribution in [3.63, 3.8) is 0 Å². The molecule has 2 nitrogen and oxygen atoms in total. The molecule has 0 aromatic heterocycles. The fourth-order valence-corrected chi connectivity index (χ4v) is 2.05. The Morgan fingerprint density at radius 3 is 1.73 bits per heavy atom. The average Bonchev–Trinajstić information content (AvgIpc) is 2.24. The second kappa shape index (κ2) is 16.7. The lowest BCUT2D eigenvalue weighted by atomic mass is 10.1. The second-order valence-corrected chi connectivity index (χ2v) is 5.31. The maximum absolute atomic E-state index is 10.7. The summed E-state index contributed by atoms with van der Waals surface area (Å²) < 4.78 is 18.6. The first kappa shape index (κ1) is 17.7. The Bertz CT molecular complexity index is 111. The second-order valence-electron chi connectivity index (χ2n) is 3.75. The van der Waals surface area contributed by atoms with Crippen LogP contribution in [0.3, 0.4) is 0 Å². The van der Waals surface area contributed by atoms with Gasteiger partial charge in [-0.1, -0.05) is 56.6 Å². The molecule has 4 heteroatoms. The van der Waals surface area contributed by atoms with Crippen LogP contribution in [-0.2, 0) is 23.7 Å². The summed E-state index contributed by atoms with van der Waals surface area (Å²) in [6.07, 6.45) is 12.4. The molecule has 0 radical (unpaired) electrons. The number of unbranched alkanes of at least 4 members (excludes halogenated alkanes) is 7. The standard InChI is InChI=1S/C11H24OS.OS/c1-3-4-5-6-7-8-9-10-11-13(2)12;1-2/h3-11H2,1-2H3;. The molecule has 15 heavy (non-hydrogen) atoms. The maximum atomic E-state index is 10.7. The average molecular weight is 252 g/mol. The van der Waals surface area contributed by atoms with E-state index in [1.165, 1.54) is 44.9 Å². The lowest BCUT2D eigenvalue weighted by molar-refractivity contribution is 0.574. The predicted molar refractivity (Wildman–Crippen MR) is 69.7 cm³/mol. The topological polar surface area (TPSA) is 40.1 Å². The lowest BCUT2D eigenvalue weighted by Crippen LogP contribution is -2.02. The van der Waals surface area contributed by atoms with Crippen LogP contribution >= 0.6 is 0 Å². The van der Waals surface area contributed by atoms with Crippen molar-refractivity contribution in [1.82, 2.24) is 0 Å². The minimum absolute atomic E-state index is 0.576. The summed E-state index contributed by atoms with van der Waals surface area (Å²) in [4.78, 5) is 0. The van der Waals surface area contributed by atoms with Crippen molar-refractivity contribution in [2.45, 2.75) is 58.3 Å². The van der Waals surface area contributed by atoms with Gasteiger partial charge in [0.05, 0.1) is 6.26 Å². The van der Waals surface area contributed by atoms with Crippen LogP contribution in [0, 0.1) is 0 Å². The first-order valence-electron chi connectivity index (χ1n) is 5.74. The van der Waals surface area contributed by atoms with Crippen LogP contribution < -0.4 is 0 Å². The molecule has 1 atom stereocenters. The Kier molecular flexibility index (Phi) is 19.8. The lowest BCUT2D eigenvalue weighted by Gasteiger charge is -2.04. The highest BCUT2D eigenvalue weighted by Crippen LogP contribution is 2.08. The van der Waals surface area contributed by atoms with E-state index in [2.05, 4.69) is 19.5 Å². The molecule has 0 spiro atoms. The minimum Gasteiger partial charge on any atom is -0.617 e. The van der Waals surface area contributed by atoms with E-state index < -0.39 is 11.2 Å². The van der Waals surface area contributed by atoms with E-state index in [-0.39, 0.29) is 0 Å². The highest BCUT2D eigenvalue weighted by atomic mass is 32.2. The third-order valence-electron chi connectivity index (χ3n) is 2.29. The van der Waals surface area contributed by atoms with Crippen LogP contribution in [0.25, 0.3) is 0 Å². The molecule has 0 aliphatic heterocycles. The normalized spacial score (nSPS) is 11.7. The molecule has 0 aliphatic rings. The highest BCUT2D eigenvalue weighted by molar-refractivity contribution is 7.90. The molecule has 0 bridgehead atoms. The molecule has 0 rings (SSSR count). The van der Waals surface area contributed by atoms with Crippen LogP contribution in [-0.4, -0.2) is 20.8 Å².